The van der Waals surface area contributed by atoms with Crippen LogP contribution in [0.5, 0.6) is 0 Å². The highest BCUT2D eigenvalue weighted by atomic mass is 35.5. The van der Waals surface area contributed by atoms with Crippen molar-refractivity contribution in [2.24, 2.45) is 0 Å². The zero-order chi connectivity index (χ0) is 14.8. The lowest BCUT2D eigenvalue weighted by Crippen LogP contribution is -2.52. The van der Waals surface area contributed by atoms with Gasteiger partial charge >= 0.3 is 0 Å². The van der Waals surface area contributed by atoms with Crippen molar-refractivity contribution in [2.45, 2.75) is 4.90 Å². The van der Waals surface area contributed by atoms with E-state index in [0.29, 0.717) is 36.3 Å². The zero-order valence-corrected chi connectivity index (χ0v) is 13.4. The Kier molecular flexibility index (Phi) is 4.85. The van der Waals surface area contributed by atoms with Crippen molar-refractivity contribution in [3.8, 4) is 0 Å². The summed E-state index contributed by atoms with van der Waals surface area (Å²) in [6, 6.07) is 6.23. The molecule has 8 heteroatoms. The standard InChI is InChI=1S/C12H16ClN3O2S2/c1-14-12(19)15-6-8-16(9-7-15)20(17,18)11-4-2-10(13)3-5-11/h2-5H,6-9H2,1H3,(H,14,19). The van der Waals surface area contributed by atoms with Crippen LogP contribution in [0, 0.1) is 0 Å². The first-order valence-corrected chi connectivity index (χ1v) is 8.40. The van der Waals surface area contributed by atoms with Gasteiger partial charge in [-0.05, 0) is 36.5 Å². The summed E-state index contributed by atoms with van der Waals surface area (Å²) in [6.45, 7) is 2.03. The van der Waals surface area contributed by atoms with E-state index >= 15 is 0 Å². The first-order chi connectivity index (χ1) is 9.45. The van der Waals surface area contributed by atoms with E-state index < -0.39 is 10.0 Å². The Bertz CT molecular complexity index is 581. The van der Waals surface area contributed by atoms with E-state index in [1.807, 2.05) is 4.90 Å². The number of piperazine rings is 1. The van der Waals surface area contributed by atoms with Crippen molar-refractivity contribution in [1.29, 1.82) is 0 Å². The third-order valence-corrected chi connectivity index (χ3v) is 5.82. The highest BCUT2D eigenvalue weighted by Gasteiger charge is 2.28. The lowest BCUT2D eigenvalue weighted by atomic mass is 10.4. The van der Waals surface area contributed by atoms with Crippen LogP contribution in [0.3, 0.4) is 0 Å². The molecule has 20 heavy (non-hydrogen) atoms. The third kappa shape index (κ3) is 3.22. The fraction of sp³-hybridized carbons (Fsp3) is 0.417. The molecular weight excluding hydrogens is 318 g/mol. The molecule has 110 valence electrons. The van der Waals surface area contributed by atoms with Gasteiger partial charge in [0, 0.05) is 38.2 Å². The second-order valence-electron chi connectivity index (χ2n) is 4.40. The minimum Gasteiger partial charge on any atom is -0.366 e. The monoisotopic (exact) mass is 333 g/mol. The van der Waals surface area contributed by atoms with Gasteiger partial charge in [-0.15, -0.1) is 0 Å². The molecule has 1 aliphatic rings. The van der Waals surface area contributed by atoms with Crippen molar-refractivity contribution < 1.29 is 8.42 Å². The highest BCUT2D eigenvalue weighted by molar-refractivity contribution is 7.89. The van der Waals surface area contributed by atoms with Crippen molar-refractivity contribution in [2.75, 3.05) is 33.2 Å². The molecule has 1 fully saturated rings. The fourth-order valence-corrected chi connectivity index (χ4v) is 3.78. The summed E-state index contributed by atoms with van der Waals surface area (Å²) in [5.41, 5.74) is 0. The molecule has 1 aromatic rings. The average Bonchev–Trinajstić information content (AvgIpc) is 2.47. The van der Waals surface area contributed by atoms with Crippen LogP contribution in [0.25, 0.3) is 0 Å². The Morgan fingerprint density at radius 2 is 1.75 bits per heavy atom. The number of thiocarbonyl (C=S) groups is 1. The molecular formula is C12H16ClN3O2S2. The topological polar surface area (TPSA) is 52.6 Å². The Morgan fingerprint density at radius 3 is 2.25 bits per heavy atom. The van der Waals surface area contributed by atoms with Gasteiger partial charge in [-0.2, -0.15) is 4.31 Å². The van der Waals surface area contributed by atoms with E-state index in [2.05, 4.69) is 5.32 Å². The molecule has 0 saturated carbocycles. The summed E-state index contributed by atoms with van der Waals surface area (Å²) in [7, 11) is -1.69. The molecule has 0 amide bonds. The number of hydrogen-bond acceptors (Lipinski definition) is 3. The molecule has 0 aliphatic carbocycles. The molecule has 0 unspecified atom stereocenters. The highest BCUT2D eigenvalue weighted by Crippen LogP contribution is 2.19. The molecule has 0 atom stereocenters. The predicted octanol–water partition coefficient (Wildman–Crippen LogP) is 1.15. The van der Waals surface area contributed by atoms with Crippen LogP contribution in [-0.2, 0) is 10.0 Å². The number of sulfonamides is 1. The number of nitrogens with zero attached hydrogens (tertiary/aromatic N) is 2. The Labute approximate surface area is 129 Å². The number of benzene rings is 1. The van der Waals surface area contributed by atoms with Gasteiger partial charge in [0.25, 0.3) is 0 Å². The zero-order valence-electron chi connectivity index (χ0n) is 11.0. The second kappa shape index (κ2) is 6.26. The fourth-order valence-electron chi connectivity index (χ4n) is 2.05. The Balaban J connectivity index is 2.09. The van der Waals surface area contributed by atoms with E-state index in [0.717, 1.165) is 0 Å². The van der Waals surface area contributed by atoms with Crippen LogP contribution in [0.2, 0.25) is 5.02 Å². The minimum absolute atomic E-state index is 0.270. The number of nitrogens with one attached hydrogen (secondary N) is 1. The van der Waals surface area contributed by atoms with E-state index in [1.165, 1.54) is 16.4 Å². The lowest BCUT2D eigenvalue weighted by molar-refractivity contribution is 0.265. The molecule has 0 bridgehead atoms. The normalized spacial score (nSPS) is 17.0. The quantitative estimate of drug-likeness (QED) is 0.823. The van der Waals surface area contributed by atoms with Gasteiger partial charge in [-0.3, -0.25) is 0 Å². The second-order valence-corrected chi connectivity index (χ2v) is 7.16. The van der Waals surface area contributed by atoms with Crippen LogP contribution in [0.4, 0.5) is 0 Å². The van der Waals surface area contributed by atoms with Gasteiger partial charge in [0.15, 0.2) is 5.11 Å². The van der Waals surface area contributed by atoms with Crippen LogP contribution in [0.1, 0.15) is 0 Å². The first kappa shape index (κ1) is 15.5. The van der Waals surface area contributed by atoms with Crippen LogP contribution >= 0.6 is 23.8 Å². The van der Waals surface area contributed by atoms with Crippen molar-refractivity contribution >= 4 is 39.0 Å². The van der Waals surface area contributed by atoms with Crippen LogP contribution < -0.4 is 5.32 Å². The SMILES string of the molecule is CNC(=S)N1CCN(S(=O)(=O)c2ccc(Cl)cc2)CC1. The lowest BCUT2D eigenvalue weighted by Gasteiger charge is -2.35. The van der Waals surface area contributed by atoms with Crippen molar-refractivity contribution in [1.82, 2.24) is 14.5 Å². The van der Waals surface area contributed by atoms with E-state index in [4.69, 9.17) is 23.8 Å². The summed E-state index contributed by atoms with van der Waals surface area (Å²) in [5, 5.41) is 4.07. The minimum atomic E-state index is -3.45. The summed E-state index contributed by atoms with van der Waals surface area (Å²) in [4.78, 5) is 2.23. The molecule has 5 nitrogen and oxygen atoms in total. The first-order valence-electron chi connectivity index (χ1n) is 6.17. The summed E-state index contributed by atoms with van der Waals surface area (Å²) in [5.74, 6) is 0. The smallest absolute Gasteiger partial charge is 0.243 e. The molecule has 2 rings (SSSR count). The molecule has 1 aromatic carbocycles. The predicted molar refractivity (Wildman–Crippen MR) is 83.4 cm³/mol. The summed E-state index contributed by atoms with van der Waals surface area (Å²) < 4.78 is 26.4. The Hall–Kier alpha value is -0.890. The molecule has 0 spiro atoms. The molecule has 0 aromatic heterocycles. The largest absolute Gasteiger partial charge is 0.366 e. The molecule has 0 radical (unpaired) electrons. The number of hydrogen-bond donors (Lipinski definition) is 1. The average molecular weight is 334 g/mol. The van der Waals surface area contributed by atoms with Crippen LogP contribution in [0.15, 0.2) is 29.2 Å². The van der Waals surface area contributed by atoms with Gasteiger partial charge in [-0.1, -0.05) is 11.6 Å². The maximum Gasteiger partial charge on any atom is 0.243 e. The van der Waals surface area contributed by atoms with Gasteiger partial charge in [-0.25, -0.2) is 8.42 Å². The van der Waals surface area contributed by atoms with Crippen molar-refractivity contribution in [3.05, 3.63) is 29.3 Å². The van der Waals surface area contributed by atoms with Crippen LogP contribution in [-0.4, -0.2) is 56.0 Å². The van der Waals surface area contributed by atoms with Gasteiger partial charge in [0.2, 0.25) is 10.0 Å². The maximum atomic E-state index is 12.5. The summed E-state index contributed by atoms with van der Waals surface area (Å²) in [6.07, 6.45) is 0. The molecule has 1 heterocycles. The van der Waals surface area contributed by atoms with Crippen molar-refractivity contribution in [3.63, 3.8) is 0 Å². The van der Waals surface area contributed by atoms with Gasteiger partial charge < -0.3 is 10.2 Å². The van der Waals surface area contributed by atoms with E-state index in [9.17, 15) is 8.42 Å². The Morgan fingerprint density at radius 1 is 1.20 bits per heavy atom. The van der Waals surface area contributed by atoms with Gasteiger partial charge in [0.05, 0.1) is 4.90 Å². The van der Waals surface area contributed by atoms with E-state index in [-0.39, 0.29) is 4.90 Å². The molecule has 1 N–H and O–H groups in total. The van der Waals surface area contributed by atoms with E-state index in [1.54, 1.807) is 19.2 Å². The number of halogens is 1. The summed E-state index contributed by atoms with van der Waals surface area (Å²) >= 11 is 10.9. The third-order valence-electron chi connectivity index (χ3n) is 3.19. The molecule has 1 aliphatic heterocycles. The number of rotatable bonds is 2. The maximum absolute atomic E-state index is 12.5. The molecule has 1 saturated heterocycles. The van der Waals surface area contributed by atoms with Gasteiger partial charge in [0.1, 0.15) is 0 Å².